The van der Waals surface area contributed by atoms with Crippen LogP contribution in [-0.2, 0) is 4.79 Å². The van der Waals surface area contributed by atoms with Crippen LogP contribution in [0.3, 0.4) is 0 Å². The van der Waals surface area contributed by atoms with Crippen LogP contribution in [0, 0.1) is 11.3 Å². The fourth-order valence-electron chi connectivity index (χ4n) is 1.91. The average molecular weight is 326 g/mol. The van der Waals surface area contributed by atoms with Crippen LogP contribution in [0.2, 0.25) is 0 Å². The quantitative estimate of drug-likeness (QED) is 0.822. The lowest BCUT2D eigenvalue weighted by atomic mass is 10.2. The molecule has 1 amide bonds. The predicted molar refractivity (Wildman–Crippen MR) is 88.5 cm³/mol. The highest BCUT2D eigenvalue weighted by molar-refractivity contribution is 8.00. The van der Waals surface area contributed by atoms with E-state index in [1.165, 1.54) is 6.07 Å². The van der Waals surface area contributed by atoms with E-state index in [0.717, 1.165) is 11.8 Å². The van der Waals surface area contributed by atoms with Crippen molar-refractivity contribution in [2.75, 3.05) is 5.32 Å². The molecule has 0 heterocycles. The van der Waals surface area contributed by atoms with Gasteiger partial charge in [0.15, 0.2) is 0 Å². The van der Waals surface area contributed by atoms with Crippen LogP contribution in [0.5, 0.6) is 0 Å². The summed E-state index contributed by atoms with van der Waals surface area (Å²) in [6.07, 6.45) is 0. The minimum atomic E-state index is -1.03. The third kappa shape index (κ3) is 4.11. The first-order valence-electron chi connectivity index (χ1n) is 6.82. The number of hydrogen-bond donors (Lipinski definition) is 2. The van der Waals surface area contributed by atoms with Gasteiger partial charge in [-0.3, -0.25) is 4.79 Å². The highest BCUT2D eigenvalue weighted by Crippen LogP contribution is 2.28. The van der Waals surface area contributed by atoms with Crippen molar-refractivity contribution in [2.24, 2.45) is 0 Å². The molecule has 5 nitrogen and oxygen atoms in total. The number of aromatic carboxylic acids is 1. The van der Waals surface area contributed by atoms with Gasteiger partial charge in [0.2, 0.25) is 5.91 Å². The number of benzene rings is 2. The highest BCUT2D eigenvalue weighted by atomic mass is 32.2. The van der Waals surface area contributed by atoms with Gasteiger partial charge in [-0.25, -0.2) is 4.79 Å². The lowest BCUT2D eigenvalue weighted by molar-refractivity contribution is -0.115. The van der Waals surface area contributed by atoms with Gasteiger partial charge >= 0.3 is 5.97 Å². The van der Waals surface area contributed by atoms with Gasteiger partial charge < -0.3 is 10.4 Å². The zero-order chi connectivity index (χ0) is 16.8. The van der Waals surface area contributed by atoms with Crippen molar-refractivity contribution in [1.82, 2.24) is 0 Å². The smallest absolute Gasteiger partial charge is 0.336 e. The number of amides is 1. The van der Waals surface area contributed by atoms with E-state index in [9.17, 15) is 14.7 Å². The molecule has 0 radical (unpaired) electrons. The Morgan fingerprint density at radius 3 is 2.52 bits per heavy atom. The molecule has 116 valence electrons. The fourth-order valence-corrected chi connectivity index (χ4v) is 2.90. The monoisotopic (exact) mass is 326 g/mol. The molecule has 0 unspecified atom stereocenters. The molecule has 0 fully saturated rings. The first-order valence-corrected chi connectivity index (χ1v) is 7.70. The number of nitrogens with zero attached hydrogens (tertiary/aromatic N) is 1. The summed E-state index contributed by atoms with van der Waals surface area (Å²) >= 11 is 1.16. The maximum Gasteiger partial charge on any atom is 0.336 e. The van der Waals surface area contributed by atoms with Crippen molar-refractivity contribution in [3.8, 4) is 6.07 Å². The number of hydrogen-bond acceptors (Lipinski definition) is 4. The molecule has 0 spiro atoms. The van der Waals surface area contributed by atoms with E-state index >= 15 is 0 Å². The van der Waals surface area contributed by atoms with Gasteiger partial charge in [-0.05, 0) is 31.2 Å². The van der Waals surface area contributed by atoms with Crippen LogP contribution in [0.15, 0.2) is 53.4 Å². The molecule has 0 aliphatic heterocycles. The molecular formula is C17H14N2O3S. The van der Waals surface area contributed by atoms with Gasteiger partial charge in [0.05, 0.1) is 22.1 Å². The first kappa shape index (κ1) is 16.6. The zero-order valence-electron chi connectivity index (χ0n) is 12.3. The maximum atomic E-state index is 12.3. The van der Waals surface area contributed by atoms with Crippen molar-refractivity contribution in [1.29, 1.82) is 5.26 Å². The Kier molecular flexibility index (Phi) is 5.39. The molecule has 0 saturated carbocycles. The predicted octanol–water partition coefficient (Wildman–Crippen LogP) is 3.38. The van der Waals surface area contributed by atoms with E-state index in [1.54, 1.807) is 49.4 Å². The number of carbonyl (C=O) groups excluding carboxylic acids is 1. The van der Waals surface area contributed by atoms with E-state index in [1.807, 2.05) is 6.07 Å². The lowest BCUT2D eigenvalue weighted by Gasteiger charge is -2.14. The first-order chi connectivity index (χ1) is 11.0. The second-order valence-electron chi connectivity index (χ2n) is 4.71. The van der Waals surface area contributed by atoms with E-state index in [0.29, 0.717) is 16.1 Å². The number of rotatable bonds is 5. The van der Waals surface area contributed by atoms with Crippen molar-refractivity contribution in [3.63, 3.8) is 0 Å². The Balaban J connectivity index is 2.12. The second kappa shape index (κ2) is 7.47. The largest absolute Gasteiger partial charge is 0.478 e. The van der Waals surface area contributed by atoms with E-state index in [2.05, 4.69) is 5.32 Å². The second-order valence-corrected chi connectivity index (χ2v) is 6.09. The van der Waals surface area contributed by atoms with Crippen LogP contribution in [0.1, 0.15) is 22.8 Å². The summed E-state index contributed by atoms with van der Waals surface area (Å²) < 4.78 is 0. The van der Waals surface area contributed by atoms with Crippen LogP contribution >= 0.6 is 11.8 Å². The summed E-state index contributed by atoms with van der Waals surface area (Å²) in [4.78, 5) is 24.0. The standard InChI is InChI=1S/C17H14N2O3S/c1-11(23-15-9-5-3-7-13(15)17(21)22)16(20)19-14-8-4-2-6-12(14)10-18/h2-9,11H,1H3,(H,19,20)(H,21,22)/t11-/m1/s1. The van der Waals surface area contributed by atoms with Crippen LogP contribution in [0.4, 0.5) is 5.69 Å². The van der Waals surface area contributed by atoms with Gasteiger partial charge in [-0.2, -0.15) is 5.26 Å². The Labute approximate surface area is 137 Å². The minimum Gasteiger partial charge on any atom is -0.478 e. The summed E-state index contributed by atoms with van der Waals surface area (Å²) in [5.41, 5.74) is 0.984. The Bertz CT molecular complexity index is 783. The molecule has 6 heteroatoms. The van der Waals surface area contributed by atoms with E-state index in [-0.39, 0.29) is 11.5 Å². The number of carboxylic acid groups (broad SMARTS) is 1. The summed E-state index contributed by atoms with van der Waals surface area (Å²) in [7, 11) is 0. The van der Waals surface area contributed by atoms with Gasteiger partial charge in [-0.1, -0.05) is 24.3 Å². The number of nitriles is 1. The summed E-state index contributed by atoms with van der Waals surface area (Å²) in [6.45, 7) is 1.69. The van der Waals surface area contributed by atoms with Crippen molar-refractivity contribution in [2.45, 2.75) is 17.1 Å². The SMILES string of the molecule is C[C@@H](Sc1ccccc1C(=O)O)C(=O)Nc1ccccc1C#N. The molecule has 0 aliphatic rings. The molecule has 1 atom stereocenters. The molecule has 23 heavy (non-hydrogen) atoms. The van der Waals surface area contributed by atoms with E-state index in [4.69, 9.17) is 5.26 Å². The molecule has 0 saturated heterocycles. The lowest BCUT2D eigenvalue weighted by Crippen LogP contribution is -2.23. The van der Waals surface area contributed by atoms with E-state index < -0.39 is 11.2 Å². The number of nitrogens with one attached hydrogen (secondary N) is 1. The molecule has 2 aromatic carbocycles. The number of carbonyl (C=O) groups is 2. The third-order valence-corrected chi connectivity index (χ3v) is 4.27. The number of para-hydroxylation sites is 1. The Morgan fingerprint density at radius 2 is 1.83 bits per heavy atom. The van der Waals surface area contributed by atoms with Gasteiger partial charge in [-0.15, -0.1) is 11.8 Å². The Hall–Kier alpha value is -2.78. The molecular weight excluding hydrogens is 312 g/mol. The summed E-state index contributed by atoms with van der Waals surface area (Å²) in [5, 5.41) is 20.4. The van der Waals surface area contributed by atoms with Gasteiger partial charge in [0, 0.05) is 4.90 Å². The molecule has 2 N–H and O–H groups in total. The van der Waals surface area contributed by atoms with Crippen LogP contribution in [-0.4, -0.2) is 22.2 Å². The van der Waals surface area contributed by atoms with Gasteiger partial charge in [0.25, 0.3) is 0 Å². The molecule has 0 aromatic heterocycles. The Morgan fingerprint density at radius 1 is 1.17 bits per heavy atom. The molecule has 0 aliphatic carbocycles. The van der Waals surface area contributed by atoms with Crippen molar-refractivity contribution in [3.05, 3.63) is 59.7 Å². The average Bonchev–Trinajstić information content (AvgIpc) is 2.55. The highest BCUT2D eigenvalue weighted by Gasteiger charge is 2.19. The topological polar surface area (TPSA) is 90.2 Å². The maximum absolute atomic E-state index is 12.3. The fraction of sp³-hybridized carbons (Fsp3) is 0.118. The summed E-state index contributed by atoms with van der Waals surface area (Å²) in [6, 6.07) is 15.3. The molecule has 0 bridgehead atoms. The number of anilines is 1. The van der Waals surface area contributed by atoms with Crippen molar-refractivity contribution >= 4 is 29.3 Å². The molecule has 2 rings (SSSR count). The van der Waals surface area contributed by atoms with Crippen LogP contribution < -0.4 is 5.32 Å². The third-order valence-electron chi connectivity index (χ3n) is 3.10. The number of carboxylic acids is 1. The van der Waals surface area contributed by atoms with Crippen LogP contribution in [0.25, 0.3) is 0 Å². The normalized spacial score (nSPS) is 11.3. The summed E-state index contributed by atoms with van der Waals surface area (Å²) in [5.74, 6) is -1.33. The number of thioether (sulfide) groups is 1. The zero-order valence-corrected chi connectivity index (χ0v) is 13.1. The van der Waals surface area contributed by atoms with Gasteiger partial charge in [0.1, 0.15) is 6.07 Å². The minimum absolute atomic E-state index is 0.162. The molecule has 2 aromatic rings. The van der Waals surface area contributed by atoms with Crippen molar-refractivity contribution < 1.29 is 14.7 Å².